The maximum Gasteiger partial charge on any atom is 0.310 e. The third-order valence-corrected chi connectivity index (χ3v) is 3.40. The molecular weight excluding hydrogens is 254 g/mol. The van der Waals surface area contributed by atoms with E-state index in [1.807, 2.05) is 45.0 Å². The Kier molecular flexibility index (Phi) is 7.09. The Labute approximate surface area is 121 Å². The second-order valence-electron chi connectivity index (χ2n) is 4.79. The van der Waals surface area contributed by atoms with E-state index in [1.165, 1.54) is 0 Å². The highest BCUT2D eigenvalue weighted by atomic mass is 16.5. The lowest BCUT2D eigenvalue weighted by Gasteiger charge is -2.22. The lowest BCUT2D eigenvalue weighted by molar-refractivity contribution is -0.149. The Bertz CT molecular complexity index is 420. The molecule has 0 saturated carbocycles. The van der Waals surface area contributed by atoms with Gasteiger partial charge >= 0.3 is 5.97 Å². The number of hydrogen-bond acceptors (Lipinski definition) is 4. The highest BCUT2D eigenvalue weighted by Gasteiger charge is 2.24. The van der Waals surface area contributed by atoms with Crippen LogP contribution in [0.5, 0.6) is 5.75 Å². The van der Waals surface area contributed by atoms with Gasteiger partial charge in [0, 0.05) is 12.6 Å². The van der Waals surface area contributed by atoms with Crippen LogP contribution in [-0.4, -0.2) is 25.7 Å². The number of carbonyl (C=O) groups excluding carboxylic acids is 1. The standard InChI is InChI=1S/C16H25NO3/c1-5-15(16(18)20-6-2)12(3)17-11-13-8-7-9-14(10-13)19-4/h7-10,12,15,17H,5-6,11H2,1-4H3. The monoisotopic (exact) mass is 279 g/mol. The Morgan fingerprint density at radius 1 is 1.35 bits per heavy atom. The van der Waals surface area contributed by atoms with Gasteiger partial charge in [-0.3, -0.25) is 4.79 Å². The summed E-state index contributed by atoms with van der Waals surface area (Å²) in [5.74, 6) is 0.607. The third-order valence-electron chi connectivity index (χ3n) is 3.40. The molecule has 2 atom stereocenters. The van der Waals surface area contributed by atoms with Crippen LogP contribution in [0.3, 0.4) is 0 Å². The smallest absolute Gasteiger partial charge is 0.310 e. The first kappa shape index (κ1) is 16.5. The number of esters is 1. The summed E-state index contributed by atoms with van der Waals surface area (Å²) in [5.41, 5.74) is 1.13. The number of nitrogens with one attached hydrogen (secondary N) is 1. The SMILES string of the molecule is CCOC(=O)C(CC)C(C)NCc1cccc(OC)c1. The molecule has 0 radical (unpaired) electrons. The van der Waals surface area contributed by atoms with E-state index in [4.69, 9.17) is 9.47 Å². The summed E-state index contributed by atoms with van der Waals surface area (Å²) in [6, 6.07) is 7.98. The number of hydrogen-bond donors (Lipinski definition) is 1. The fourth-order valence-corrected chi connectivity index (χ4v) is 2.18. The average Bonchev–Trinajstić information content (AvgIpc) is 2.46. The molecule has 112 valence electrons. The molecule has 1 aromatic rings. The number of methoxy groups -OCH3 is 1. The van der Waals surface area contributed by atoms with Crippen molar-refractivity contribution in [1.82, 2.24) is 5.32 Å². The van der Waals surface area contributed by atoms with E-state index in [1.54, 1.807) is 7.11 Å². The van der Waals surface area contributed by atoms with Crippen molar-refractivity contribution in [3.63, 3.8) is 0 Å². The maximum atomic E-state index is 11.8. The summed E-state index contributed by atoms with van der Waals surface area (Å²) in [6.45, 7) is 6.99. The van der Waals surface area contributed by atoms with Gasteiger partial charge in [0.2, 0.25) is 0 Å². The molecule has 1 aromatic carbocycles. The van der Waals surface area contributed by atoms with E-state index < -0.39 is 0 Å². The molecule has 0 saturated heterocycles. The van der Waals surface area contributed by atoms with Crippen LogP contribution in [-0.2, 0) is 16.1 Å². The molecule has 0 aliphatic rings. The summed E-state index contributed by atoms with van der Waals surface area (Å²) >= 11 is 0. The molecule has 20 heavy (non-hydrogen) atoms. The summed E-state index contributed by atoms with van der Waals surface area (Å²) in [6.07, 6.45) is 0.769. The molecule has 0 spiro atoms. The van der Waals surface area contributed by atoms with Crippen LogP contribution >= 0.6 is 0 Å². The first-order chi connectivity index (χ1) is 9.62. The Morgan fingerprint density at radius 2 is 2.10 bits per heavy atom. The number of rotatable bonds is 8. The molecule has 0 fully saturated rings. The number of benzene rings is 1. The van der Waals surface area contributed by atoms with Gasteiger partial charge in [0.1, 0.15) is 5.75 Å². The topological polar surface area (TPSA) is 47.6 Å². The van der Waals surface area contributed by atoms with Crippen LogP contribution in [0.15, 0.2) is 24.3 Å². The van der Waals surface area contributed by atoms with E-state index in [9.17, 15) is 4.79 Å². The second kappa shape index (κ2) is 8.59. The lowest BCUT2D eigenvalue weighted by Crippen LogP contribution is -2.38. The zero-order valence-electron chi connectivity index (χ0n) is 12.8. The Balaban J connectivity index is 2.56. The quantitative estimate of drug-likeness (QED) is 0.743. The summed E-state index contributed by atoms with van der Waals surface area (Å²) in [4.78, 5) is 11.8. The Hall–Kier alpha value is -1.55. The second-order valence-corrected chi connectivity index (χ2v) is 4.79. The summed E-state index contributed by atoms with van der Waals surface area (Å²) in [5, 5.41) is 3.38. The van der Waals surface area contributed by atoms with Crippen LogP contribution in [0.1, 0.15) is 32.8 Å². The van der Waals surface area contributed by atoms with Crippen LogP contribution < -0.4 is 10.1 Å². The van der Waals surface area contributed by atoms with Crippen molar-refractivity contribution in [2.45, 2.75) is 39.8 Å². The van der Waals surface area contributed by atoms with Crippen molar-refractivity contribution in [2.24, 2.45) is 5.92 Å². The van der Waals surface area contributed by atoms with Crippen molar-refractivity contribution in [2.75, 3.05) is 13.7 Å². The lowest BCUT2D eigenvalue weighted by atomic mass is 9.98. The average molecular weight is 279 g/mol. The van der Waals surface area contributed by atoms with E-state index in [0.29, 0.717) is 13.2 Å². The zero-order valence-corrected chi connectivity index (χ0v) is 12.8. The first-order valence-electron chi connectivity index (χ1n) is 7.15. The molecule has 2 unspecified atom stereocenters. The number of ether oxygens (including phenoxy) is 2. The highest BCUT2D eigenvalue weighted by molar-refractivity contribution is 5.73. The minimum atomic E-state index is -0.124. The van der Waals surface area contributed by atoms with E-state index in [-0.39, 0.29) is 17.9 Å². The van der Waals surface area contributed by atoms with Crippen molar-refractivity contribution in [3.05, 3.63) is 29.8 Å². The minimum Gasteiger partial charge on any atom is -0.497 e. The molecule has 0 heterocycles. The summed E-state index contributed by atoms with van der Waals surface area (Å²) in [7, 11) is 1.66. The van der Waals surface area contributed by atoms with Gasteiger partial charge in [0.25, 0.3) is 0 Å². The fraction of sp³-hybridized carbons (Fsp3) is 0.562. The zero-order chi connectivity index (χ0) is 15.0. The molecule has 0 amide bonds. The third kappa shape index (κ3) is 4.85. The van der Waals surface area contributed by atoms with Gasteiger partial charge in [-0.1, -0.05) is 19.1 Å². The predicted molar refractivity (Wildman–Crippen MR) is 79.7 cm³/mol. The molecular formula is C16H25NO3. The molecule has 0 aromatic heterocycles. The van der Waals surface area contributed by atoms with Crippen LogP contribution in [0.4, 0.5) is 0 Å². The van der Waals surface area contributed by atoms with Crippen molar-refractivity contribution in [3.8, 4) is 5.75 Å². The van der Waals surface area contributed by atoms with Gasteiger partial charge in [-0.05, 0) is 38.0 Å². The van der Waals surface area contributed by atoms with Crippen molar-refractivity contribution < 1.29 is 14.3 Å². The predicted octanol–water partition coefficient (Wildman–Crippen LogP) is 2.76. The van der Waals surface area contributed by atoms with Gasteiger partial charge < -0.3 is 14.8 Å². The van der Waals surface area contributed by atoms with Crippen molar-refractivity contribution >= 4 is 5.97 Å². The molecule has 0 bridgehead atoms. The molecule has 0 aliphatic heterocycles. The van der Waals surface area contributed by atoms with E-state index in [2.05, 4.69) is 5.32 Å². The van der Waals surface area contributed by atoms with Gasteiger partial charge in [0.05, 0.1) is 19.6 Å². The van der Waals surface area contributed by atoms with E-state index >= 15 is 0 Å². The molecule has 1 N–H and O–H groups in total. The largest absolute Gasteiger partial charge is 0.497 e. The van der Waals surface area contributed by atoms with Crippen LogP contribution in [0.25, 0.3) is 0 Å². The first-order valence-corrected chi connectivity index (χ1v) is 7.15. The van der Waals surface area contributed by atoms with Crippen LogP contribution in [0.2, 0.25) is 0 Å². The van der Waals surface area contributed by atoms with Gasteiger partial charge in [0.15, 0.2) is 0 Å². The Morgan fingerprint density at radius 3 is 2.70 bits per heavy atom. The molecule has 0 aliphatic carbocycles. The number of carbonyl (C=O) groups is 1. The molecule has 4 heteroatoms. The van der Waals surface area contributed by atoms with Crippen LogP contribution in [0, 0.1) is 5.92 Å². The van der Waals surface area contributed by atoms with Gasteiger partial charge in [-0.15, -0.1) is 0 Å². The fourth-order valence-electron chi connectivity index (χ4n) is 2.18. The van der Waals surface area contributed by atoms with Gasteiger partial charge in [-0.2, -0.15) is 0 Å². The van der Waals surface area contributed by atoms with Crippen molar-refractivity contribution in [1.29, 1.82) is 0 Å². The van der Waals surface area contributed by atoms with E-state index in [0.717, 1.165) is 17.7 Å². The van der Waals surface area contributed by atoms with Gasteiger partial charge in [-0.25, -0.2) is 0 Å². The molecule has 4 nitrogen and oxygen atoms in total. The normalized spacial score (nSPS) is 13.6. The minimum absolute atomic E-state index is 0.0743. The maximum absolute atomic E-state index is 11.8. The summed E-state index contributed by atoms with van der Waals surface area (Å²) < 4.78 is 10.3. The molecule has 1 rings (SSSR count). The highest BCUT2D eigenvalue weighted by Crippen LogP contribution is 2.15.